The summed E-state index contributed by atoms with van der Waals surface area (Å²) >= 11 is 0. The normalized spacial score (nSPS) is 11.6. The molecule has 2 rings (SSSR count). The van der Waals surface area contributed by atoms with Gasteiger partial charge in [-0.05, 0) is 24.5 Å². The van der Waals surface area contributed by atoms with Crippen molar-refractivity contribution < 1.29 is 17.9 Å². The number of rotatable bonds is 5. The van der Waals surface area contributed by atoms with E-state index in [1.54, 1.807) is 6.92 Å². The van der Waals surface area contributed by atoms with Crippen molar-refractivity contribution in [3.05, 3.63) is 41.6 Å². The zero-order chi connectivity index (χ0) is 17.0. The molecule has 0 amide bonds. The first-order chi connectivity index (χ1) is 10.8. The van der Waals surface area contributed by atoms with Crippen molar-refractivity contribution in [2.75, 3.05) is 11.9 Å². The minimum absolute atomic E-state index is 0.0644. The van der Waals surface area contributed by atoms with Crippen LogP contribution in [0.25, 0.3) is 0 Å². The Labute approximate surface area is 132 Å². The zero-order valence-corrected chi connectivity index (χ0v) is 13.1. The quantitative estimate of drug-likeness (QED) is 0.861. The number of aromatic nitrogens is 2. The standard InChI is InChI=1S/C16H18F3N3O/c1-4-23-14-12(16(17,18)19)9-20-15(22-14)21-13-8-6-5-7-11(13)10(2)3/h5-10H,4H2,1-3H3,(H,20,21,22). The van der Waals surface area contributed by atoms with Gasteiger partial charge >= 0.3 is 6.18 Å². The Morgan fingerprint density at radius 2 is 1.91 bits per heavy atom. The lowest BCUT2D eigenvalue weighted by Crippen LogP contribution is -2.12. The molecule has 1 heterocycles. The molecule has 0 unspecified atom stereocenters. The van der Waals surface area contributed by atoms with Gasteiger partial charge in [0.15, 0.2) is 0 Å². The van der Waals surface area contributed by atoms with E-state index in [9.17, 15) is 13.2 Å². The van der Waals surface area contributed by atoms with E-state index in [0.717, 1.165) is 17.4 Å². The van der Waals surface area contributed by atoms with Gasteiger partial charge in [0.25, 0.3) is 0 Å². The number of ether oxygens (including phenoxy) is 1. The summed E-state index contributed by atoms with van der Waals surface area (Å²) in [5.74, 6) is -0.159. The molecule has 1 aromatic heterocycles. The van der Waals surface area contributed by atoms with E-state index in [1.165, 1.54) is 0 Å². The van der Waals surface area contributed by atoms with Gasteiger partial charge in [0.2, 0.25) is 11.8 Å². The lowest BCUT2D eigenvalue weighted by molar-refractivity contribution is -0.139. The van der Waals surface area contributed by atoms with Crippen molar-refractivity contribution in [3.8, 4) is 5.88 Å². The number of nitrogens with one attached hydrogen (secondary N) is 1. The summed E-state index contributed by atoms with van der Waals surface area (Å²) < 4.78 is 43.8. The largest absolute Gasteiger partial charge is 0.477 e. The summed E-state index contributed by atoms with van der Waals surface area (Å²) in [6, 6.07) is 7.51. The van der Waals surface area contributed by atoms with Crippen LogP contribution in [0.2, 0.25) is 0 Å². The molecule has 7 heteroatoms. The highest BCUT2D eigenvalue weighted by Crippen LogP contribution is 2.35. The smallest absolute Gasteiger partial charge is 0.423 e. The number of benzene rings is 1. The fraction of sp³-hybridized carbons (Fsp3) is 0.375. The highest BCUT2D eigenvalue weighted by atomic mass is 19.4. The van der Waals surface area contributed by atoms with Crippen LogP contribution in [-0.2, 0) is 6.18 Å². The predicted molar refractivity (Wildman–Crippen MR) is 82.0 cm³/mol. The van der Waals surface area contributed by atoms with Crippen LogP contribution >= 0.6 is 0 Å². The second kappa shape index (κ2) is 6.85. The Kier molecular flexibility index (Phi) is 5.08. The van der Waals surface area contributed by atoms with Gasteiger partial charge in [0.1, 0.15) is 5.56 Å². The molecular formula is C16H18F3N3O. The summed E-state index contributed by atoms with van der Waals surface area (Å²) in [5.41, 5.74) is 0.792. The fourth-order valence-corrected chi connectivity index (χ4v) is 2.10. The van der Waals surface area contributed by atoms with Crippen LogP contribution in [0, 0.1) is 0 Å². The zero-order valence-electron chi connectivity index (χ0n) is 13.1. The van der Waals surface area contributed by atoms with Gasteiger partial charge in [-0.2, -0.15) is 18.2 Å². The van der Waals surface area contributed by atoms with Gasteiger partial charge in [0, 0.05) is 11.9 Å². The highest BCUT2D eigenvalue weighted by Gasteiger charge is 2.36. The van der Waals surface area contributed by atoms with Crippen molar-refractivity contribution in [2.45, 2.75) is 32.9 Å². The van der Waals surface area contributed by atoms with Gasteiger partial charge in [-0.3, -0.25) is 0 Å². The van der Waals surface area contributed by atoms with Crippen LogP contribution in [0.5, 0.6) is 5.88 Å². The minimum atomic E-state index is -4.56. The van der Waals surface area contributed by atoms with E-state index in [2.05, 4.69) is 15.3 Å². The Hall–Kier alpha value is -2.31. The third-order valence-corrected chi connectivity index (χ3v) is 3.17. The van der Waals surface area contributed by atoms with Crippen molar-refractivity contribution in [3.63, 3.8) is 0 Å². The first-order valence-electron chi connectivity index (χ1n) is 7.26. The summed E-state index contributed by atoms with van der Waals surface area (Å²) in [7, 11) is 0. The van der Waals surface area contributed by atoms with Crippen LogP contribution < -0.4 is 10.1 Å². The molecule has 0 spiro atoms. The number of hydrogen-bond donors (Lipinski definition) is 1. The van der Waals surface area contributed by atoms with Crippen molar-refractivity contribution in [2.24, 2.45) is 0 Å². The SMILES string of the molecule is CCOc1nc(Nc2ccccc2C(C)C)ncc1C(F)(F)F. The number of anilines is 2. The Morgan fingerprint density at radius 1 is 1.22 bits per heavy atom. The van der Waals surface area contributed by atoms with E-state index in [1.807, 2.05) is 38.1 Å². The average Bonchev–Trinajstić information content (AvgIpc) is 2.47. The van der Waals surface area contributed by atoms with Crippen LogP contribution in [0.3, 0.4) is 0 Å². The second-order valence-corrected chi connectivity index (χ2v) is 5.21. The molecule has 0 fully saturated rings. The predicted octanol–water partition coefficient (Wildman–Crippen LogP) is 4.76. The Balaban J connectivity index is 2.37. The van der Waals surface area contributed by atoms with E-state index < -0.39 is 17.6 Å². The van der Waals surface area contributed by atoms with Crippen molar-refractivity contribution in [1.82, 2.24) is 9.97 Å². The maximum atomic E-state index is 12.9. The Morgan fingerprint density at radius 3 is 2.52 bits per heavy atom. The summed E-state index contributed by atoms with van der Waals surface area (Å²) in [4.78, 5) is 7.62. The van der Waals surface area contributed by atoms with Gasteiger partial charge in [-0.25, -0.2) is 4.98 Å². The molecule has 124 valence electrons. The number of alkyl halides is 3. The van der Waals surface area contributed by atoms with E-state index in [-0.39, 0.29) is 18.5 Å². The lowest BCUT2D eigenvalue weighted by atomic mass is 10.0. The molecule has 0 atom stereocenters. The van der Waals surface area contributed by atoms with Crippen molar-refractivity contribution in [1.29, 1.82) is 0 Å². The summed E-state index contributed by atoms with van der Waals surface area (Å²) in [6.07, 6.45) is -3.82. The maximum absolute atomic E-state index is 12.9. The maximum Gasteiger partial charge on any atom is 0.423 e. The number of para-hydroxylation sites is 1. The van der Waals surface area contributed by atoms with Crippen molar-refractivity contribution >= 4 is 11.6 Å². The van der Waals surface area contributed by atoms with E-state index in [0.29, 0.717) is 0 Å². The molecule has 0 aliphatic rings. The number of halogens is 3. The molecule has 0 aliphatic heterocycles. The minimum Gasteiger partial charge on any atom is -0.477 e. The number of nitrogens with zero attached hydrogens (tertiary/aromatic N) is 2. The lowest BCUT2D eigenvalue weighted by Gasteiger charge is -2.15. The molecule has 0 bridgehead atoms. The molecule has 4 nitrogen and oxygen atoms in total. The van der Waals surface area contributed by atoms with E-state index in [4.69, 9.17) is 4.74 Å². The topological polar surface area (TPSA) is 47.0 Å². The molecule has 23 heavy (non-hydrogen) atoms. The third-order valence-electron chi connectivity index (χ3n) is 3.17. The summed E-state index contributed by atoms with van der Waals surface area (Å²) in [6.45, 7) is 5.74. The monoisotopic (exact) mass is 325 g/mol. The molecule has 0 saturated heterocycles. The molecule has 0 saturated carbocycles. The molecule has 0 aliphatic carbocycles. The highest BCUT2D eigenvalue weighted by molar-refractivity contribution is 5.59. The number of hydrogen-bond acceptors (Lipinski definition) is 4. The van der Waals surface area contributed by atoms with Gasteiger partial charge in [0.05, 0.1) is 6.61 Å². The molecule has 0 radical (unpaired) electrons. The molecule has 1 N–H and O–H groups in total. The molecule has 2 aromatic rings. The average molecular weight is 325 g/mol. The van der Waals surface area contributed by atoms with E-state index >= 15 is 0 Å². The fourth-order valence-electron chi connectivity index (χ4n) is 2.10. The first kappa shape index (κ1) is 17.1. The van der Waals surface area contributed by atoms with Gasteiger partial charge < -0.3 is 10.1 Å². The first-order valence-corrected chi connectivity index (χ1v) is 7.26. The summed E-state index contributed by atoms with van der Waals surface area (Å²) in [5, 5.41) is 2.96. The third kappa shape index (κ3) is 4.12. The molecule has 1 aromatic carbocycles. The van der Waals surface area contributed by atoms with Crippen LogP contribution in [0.4, 0.5) is 24.8 Å². The van der Waals surface area contributed by atoms with Crippen LogP contribution in [0.15, 0.2) is 30.5 Å². The van der Waals surface area contributed by atoms with Crippen LogP contribution in [0.1, 0.15) is 37.8 Å². The van der Waals surface area contributed by atoms with Gasteiger partial charge in [-0.1, -0.05) is 32.0 Å². The second-order valence-electron chi connectivity index (χ2n) is 5.21. The van der Waals surface area contributed by atoms with Gasteiger partial charge in [-0.15, -0.1) is 0 Å². The van der Waals surface area contributed by atoms with Crippen LogP contribution in [-0.4, -0.2) is 16.6 Å². The molecular weight excluding hydrogens is 307 g/mol. The Bertz CT molecular complexity index is 672.